The van der Waals surface area contributed by atoms with Gasteiger partial charge in [-0.25, -0.2) is 8.42 Å². The van der Waals surface area contributed by atoms with Gasteiger partial charge in [-0.2, -0.15) is 0 Å². The summed E-state index contributed by atoms with van der Waals surface area (Å²) in [6, 6.07) is 6.86. The lowest BCUT2D eigenvalue weighted by Crippen LogP contribution is -2.26. The second kappa shape index (κ2) is 5.61. The van der Waals surface area contributed by atoms with E-state index >= 15 is 0 Å². The molecule has 0 spiro atoms. The van der Waals surface area contributed by atoms with Crippen molar-refractivity contribution in [1.29, 1.82) is 0 Å². The van der Waals surface area contributed by atoms with Crippen LogP contribution in [-0.2, 0) is 25.1 Å². The third kappa shape index (κ3) is 2.83. The van der Waals surface area contributed by atoms with E-state index in [1.807, 2.05) is 13.8 Å². The van der Waals surface area contributed by atoms with Crippen LogP contribution in [0.3, 0.4) is 0 Å². The Kier molecular flexibility index (Phi) is 4.28. The molecule has 1 aromatic carbocycles. The lowest BCUT2D eigenvalue weighted by atomic mass is 10.0. The Bertz CT molecular complexity index is 513. The summed E-state index contributed by atoms with van der Waals surface area (Å²) in [5, 5.41) is 0. The fourth-order valence-electron chi connectivity index (χ4n) is 2.33. The first kappa shape index (κ1) is 14.5. The zero-order chi connectivity index (χ0) is 13.9. The molecule has 0 amide bonds. The van der Waals surface area contributed by atoms with Crippen molar-refractivity contribution in [3.05, 3.63) is 29.8 Å². The zero-order valence-corrected chi connectivity index (χ0v) is 12.2. The molecule has 1 heterocycles. The Morgan fingerprint density at radius 1 is 1.11 bits per heavy atom. The molecule has 19 heavy (non-hydrogen) atoms. The van der Waals surface area contributed by atoms with Gasteiger partial charge in [0.2, 0.25) is 0 Å². The van der Waals surface area contributed by atoms with Gasteiger partial charge in [0.1, 0.15) is 0 Å². The minimum atomic E-state index is -3.16. The molecular weight excluding hydrogens is 264 g/mol. The van der Waals surface area contributed by atoms with Crippen LogP contribution in [0, 0.1) is 0 Å². The summed E-state index contributed by atoms with van der Waals surface area (Å²) in [7, 11) is -3.16. The number of benzene rings is 1. The lowest BCUT2D eigenvalue weighted by Gasteiger charge is -2.26. The summed E-state index contributed by atoms with van der Waals surface area (Å²) in [4.78, 5) is 0.363. The summed E-state index contributed by atoms with van der Waals surface area (Å²) in [5.74, 6) is -0.523. The number of sulfone groups is 1. The maximum Gasteiger partial charge on any atom is 0.194 e. The van der Waals surface area contributed by atoms with Gasteiger partial charge in [-0.3, -0.25) is 0 Å². The van der Waals surface area contributed by atoms with Crippen LogP contribution >= 0.6 is 0 Å². The lowest BCUT2D eigenvalue weighted by molar-refractivity contribution is -0.167. The van der Waals surface area contributed by atoms with Gasteiger partial charge in [-0.1, -0.05) is 26.0 Å². The molecule has 0 N–H and O–H groups in total. The number of ether oxygens (including phenoxy) is 2. The quantitative estimate of drug-likeness (QED) is 0.833. The fraction of sp³-hybridized carbons (Fsp3) is 0.571. The van der Waals surface area contributed by atoms with Crippen LogP contribution < -0.4 is 0 Å². The molecule has 1 aliphatic heterocycles. The van der Waals surface area contributed by atoms with Gasteiger partial charge in [0.25, 0.3) is 0 Å². The molecule has 1 aromatic rings. The van der Waals surface area contributed by atoms with E-state index in [1.54, 1.807) is 24.3 Å². The van der Waals surface area contributed by atoms with Crippen molar-refractivity contribution < 1.29 is 17.9 Å². The largest absolute Gasteiger partial charge is 0.343 e. The Balaban J connectivity index is 2.28. The fourth-order valence-corrected chi connectivity index (χ4v) is 3.66. The smallest absolute Gasteiger partial charge is 0.194 e. The van der Waals surface area contributed by atoms with Gasteiger partial charge in [-0.15, -0.1) is 0 Å². The normalized spacial score (nSPS) is 18.6. The molecule has 1 saturated heterocycles. The zero-order valence-electron chi connectivity index (χ0n) is 11.4. The van der Waals surface area contributed by atoms with Crippen LogP contribution in [0.4, 0.5) is 0 Å². The molecule has 1 fully saturated rings. The topological polar surface area (TPSA) is 52.6 Å². The van der Waals surface area contributed by atoms with Crippen molar-refractivity contribution in [2.24, 2.45) is 0 Å². The highest BCUT2D eigenvalue weighted by Crippen LogP contribution is 2.35. The predicted molar refractivity (Wildman–Crippen MR) is 72.7 cm³/mol. The third-order valence-corrected chi connectivity index (χ3v) is 5.28. The summed E-state index contributed by atoms with van der Waals surface area (Å²) >= 11 is 0. The average molecular weight is 284 g/mol. The van der Waals surface area contributed by atoms with Gasteiger partial charge < -0.3 is 9.47 Å². The first-order valence-corrected chi connectivity index (χ1v) is 8.30. The highest BCUT2D eigenvalue weighted by atomic mass is 32.2. The van der Waals surface area contributed by atoms with E-state index in [2.05, 4.69) is 0 Å². The molecule has 0 unspecified atom stereocenters. The van der Waals surface area contributed by atoms with Crippen molar-refractivity contribution >= 4 is 9.84 Å². The summed E-state index contributed by atoms with van der Waals surface area (Å²) in [6.07, 6.45) is 1.32. The van der Waals surface area contributed by atoms with E-state index in [0.717, 1.165) is 5.56 Å². The Morgan fingerprint density at radius 3 is 2.16 bits per heavy atom. The molecule has 0 aliphatic carbocycles. The molecule has 0 radical (unpaired) electrons. The van der Waals surface area contributed by atoms with Crippen LogP contribution in [0.15, 0.2) is 29.2 Å². The Labute approximate surface area is 114 Å². The Morgan fingerprint density at radius 2 is 1.68 bits per heavy atom. The van der Waals surface area contributed by atoms with Crippen molar-refractivity contribution in [2.75, 3.05) is 19.0 Å². The minimum Gasteiger partial charge on any atom is -0.343 e. The van der Waals surface area contributed by atoms with Crippen LogP contribution in [0.1, 0.15) is 32.3 Å². The highest BCUT2D eigenvalue weighted by Gasteiger charge is 2.36. The molecule has 1 aliphatic rings. The van der Waals surface area contributed by atoms with Gasteiger partial charge in [0.05, 0.1) is 23.9 Å². The molecule has 0 bridgehead atoms. The molecule has 2 rings (SSSR count). The van der Waals surface area contributed by atoms with Gasteiger partial charge >= 0.3 is 0 Å². The van der Waals surface area contributed by atoms with Crippen LogP contribution in [0.25, 0.3) is 0 Å². The molecule has 5 heteroatoms. The standard InChI is InChI=1S/C14H20O4S/c1-3-11-19(15,16)13-7-5-12(6-8-13)14(4-2)17-9-10-18-14/h5-8H,3-4,9-11H2,1-2H3. The maximum atomic E-state index is 12.0. The van der Waals surface area contributed by atoms with Gasteiger partial charge in [0.15, 0.2) is 15.6 Å². The summed E-state index contributed by atoms with van der Waals surface area (Å²) < 4.78 is 35.3. The van der Waals surface area contributed by atoms with E-state index in [1.165, 1.54) is 0 Å². The van der Waals surface area contributed by atoms with E-state index in [0.29, 0.717) is 31.0 Å². The van der Waals surface area contributed by atoms with Crippen LogP contribution in [-0.4, -0.2) is 27.4 Å². The first-order valence-electron chi connectivity index (χ1n) is 6.65. The number of hydrogen-bond acceptors (Lipinski definition) is 4. The van der Waals surface area contributed by atoms with Crippen molar-refractivity contribution in [1.82, 2.24) is 0 Å². The molecule has 0 atom stereocenters. The summed E-state index contributed by atoms with van der Waals surface area (Å²) in [5.41, 5.74) is 0.878. The predicted octanol–water partition coefficient (Wildman–Crippen LogP) is 2.48. The number of rotatable bonds is 5. The molecule has 106 valence electrons. The molecule has 4 nitrogen and oxygen atoms in total. The highest BCUT2D eigenvalue weighted by molar-refractivity contribution is 7.91. The van der Waals surface area contributed by atoms with Gasteiger partial charge in [0, 0.05) is 12.0 Å². The second-order valence-corrected chi connectivity index (χ2v) is 6.76. The second-order valence-electron chi connectivity index (χ2n) is 4.65. The molecule has 0 saturated carbocycles. The first-order chi connectivity index (χ1) is 9.04. The van der Waals surface area contributed by atoms with E-state index in [-0.39, 0.29) is 5.75 Å². The van der Waals surface area contributed by atoms with Crippen LogP contribution in [0.5, 0.6) is 0 Å². The van der Waals surface area contributed by atoms with Crippen LogP contribution in [0.2, 0.25) is 0 Å². The average Bonchev–Trinajstić information content (AvgIpc) is 2.89. The van der Waals surface area contributed by atoms with E-state index in [9.17, 15) is 8.42 Å². The third-order valence-electron chi connectivity index (χ3n) is 3.35. The van der Waals surface area contributed by atoms with Crippen molar-refractivity contribution in [2.45, 2.75) is 37.4 Å². The minimum absolute atomic E-state index is 0.179. The van der Waals surface area contributed by atoms with Crippen molar-refractivity contribution in [3.63, 3.8) is 0 Å². The Hall–Kier alpha value is -0.910. The monoisotopic (exact) mass is 284 g/mol. The molecule has 0 aromatic heterocycles. The molecular formula is C14H20O4S. The maximum absolute atomic E-state index is 12.0. The van der Waals surface area contributed by atoms with E-state index < -0.39 is 15.6 Å². The van der Waals surface area contributed by atoms with Gasteiger partial charge in [-0.05, 0) is 18.6 Å². The summed E-state index contributed by atoms with van der Waals surface area (Å²) in [6.45, 7) is 5.00. The number of hydrogen-bond donors (Lipinski definition) is 0. The van der Waals surface area contributed by atoms with Crippen molar-refractivity contribution in [3.8, 4) is 0 Å². The van der Waals surface area contributed by atoms with E-state index in [4.69, 9.17) is 9.47 Å². The SMILES string of the molecule is CCCS(=O)(=O)c1ccc(C2(CC)OCCO2)cc1.